The average Bonchev–Trinajstić information content (AvgIpc) is 2.68. The van der Waals surface area contributed by atoms with Crippen LogP contribution in [0, 0.1) is 6.92 Å². The zero-order chi connectivity index (χ0) is 12.3. The second-order valence-electron chi connectivity index (χ2n) is 3.67. The van der Waals surface area contributed by atoms with E-state index in [2.05, 4.69) is 24.0 Å². The number of thiocarbonyl (C=S) groups is 1. The van der Waals surface area contributed by atoms with Crippen LogP contribution in [0.2, 0.25) is 0 Å². The van der Waals surface area contributed by atoms with Gasteiger partial charge in [0.2, 0.25) is 4.38 Å². The molecule has 0 aromatic carbocycles. The molecule has 2 aromatic rings. The summed E-state index contributed by atoms with van der Waals surface area (Å²) in [4.78, 5) is 4.53. The number of aromatic nitrogens is 2. The van der Waals surface area contributed by atoms with Gasteiger partial charge in [-0.1, -0.05) is 11.8 Å². The summed E-state index contributed by atoms with van der Waals surface area (Å²) in [5.41, 5.74) is 3.21. The molecule has 17 heavy (non-hydrogen) atoms. The molecule has 90 valence electrons. The summed E-state index contributed by atoms with van der Waals surface area (Å²) in [5.74, 6) is 0.750. The summed E-state index contributed by atoms with van der Waals surface area (Å²) >= 11 is 6.57. The van der Waals surface area contributed by atoms with Crippen molar-refractivity contribution in [2.24, 2.45) is 0 Å². The van der Waals surface area contributed by atoms with Crippen LogP contribution in [0.25, 0.3) is 5.65 Å². The zero-order valence-electron chi connectivity index (χ0n) is 9.84. The molecule has 0 aliphatic carbocycles. The molecule has 0 fully saturated rings. The molecule has 2 heterocycles. The van der Waals surface area contributed by atoms with E-state index in [9.17, 15) is 0 Å². The minimum Gasteiger partial charge on any atom is -0.479 e. The molecule has 3 nitrogen and oxygen atoms in total. The Bertz CT molecular complexity index is 536. The van der Waals surface area contributed by atoms with Gasteiger partial charge >= 0.3 is 0 Å². The zero-order valence-corrected chi connectivity index (χ0v) is 11.5. The van der Waals surface area contributed by atoms with E-state index in [1.165, 1.54) is 17.3 Å². The van der Waals surface area contributed by atoms with Crippen LogP contribution in [0.1, 0.15) is 18.2 Å². The van der Waals surface area contributed by atoms with Crippen LogP contribution in [0.15, 0.2) is 24.5 Å². The first-order valence-electron chi connectivity index (χ1n) is 5.43. The Labute approximate surface area is 110 Å². The number of fused-ring (bicyclic) bond motifs is 1. The van der Waals surface area contributed by atoms with Crippen LogP contribution in [0.5, 0.6) is 0 Å². The quantitative estimate of drug-likeness (QED) is 0.797. The topological polar surface area (TPSA) is 26.5 Å². The van der Waals surface area contributed by atoms with Crippen molar-refractivity contribution in [3.05, 3.63) is 35.8 Å². The van der Waals surface area contributed by atoms with Gasteiger partial charge in [-0.3, -0.25) is 0 Å². The van der Waals surface area contributed by atoms with Gasteiger partial charge < -0.3 is 9.14 Å². The number of rotatable bonds is 3. The number of ether oxygens (including phenoxy) is 1. The lowest BCUT2D eigenvalue weighted by molar-refractivity contribution is 0.346. The molecule has 0 unspecified atom stereocenters. The monoisotopic (exact) mass is 266 g/mol. The number of aryl methyl sites for hydroxylation is 1. The highest BCUT2D eigenvalue weighted by atomic mass is 32.2. The number of pyridine rings is 1. The van der Waals surface area contributed by atoms with Gasteiger partial charge in [0.1, 0.15) is 5.65 Å². The summed E-state index contributed by atoms with van der Waals surface area (Å²) in [6.07, 6.45) is 4.04. The molecule has 0 atom stereocenters. The fraction of sp³-hybridized carbons (Fsp3) is 0.333. The van der Waals surface area contributed by atoms with Crippen molar-refractivity contribution in [1.29, 1.82) is 0 Å². The fourth-order valence-corrected chi connectivity index (χ4v) is 2.40. The smallest absolute Gasteiger partial charge is 0.220 e. The normalized spacial score (nSPS) is 10.7. The number of imidazole rings is 1. The second-order valence-corrected chi connectivity index (χ2v) is 5.25. The molecule has 0 saturated carbocycles. The lowest BCUT2D eigenvalue weighted by Gasteiger charge is -2.01. The molecule has 0 saturated heterocycles. The third-order valence-electron chi connectivity index (χ3n) is 2.27. The van der Waals surface area contributed by atoms with Gasteiger partial charge in [-0.2, -0.15) is 0 Å². The van der Waals surface area contributed by atoms with Crippen molar-refractivity contribution in [3.63, 3.8) is 0 Å². The maximum atomic E-state index is 5.22. The number of hydrogen-bond acceptors (Lipinski definition) is 4. The Morgan fingerprint density at radius 1 is 1.59 bits per heavy atom. The molecule has 0 aliphatic heterocycles. The first kappa shape index (κ1) is 12.4. The van der Waals surface area contributed by atoms with Crippen molar-refractivity contribution in [3.8, 4) is 0 Å². The van der Waals surface area contributed by atoms with Crippen LogP contribution in [-0.4, -0.2) is 20.4 Å². The number of thioether (sulfide) groups is 1. The third-order valence-corrected chi connectivity index (χ3v) is 3.53. The van der Waals surface area contributed by atoms with Gasteiger partial charge in [0, 0.05) is 18.1 Å². The molecule has 2 rings (SSSR count). The van der Waals surface area contributed by atoms with Crippen LogP contribution >= 0.6 is 24.0 Å². The lowest BCUT2D eigenvalue weighted by Crippen LogP contribution is -1.96. The van der Waals surface area contributed by atoms with Crippen molar-refractivity contribution in [2.45, 2.75) is 19.6 Å². The maximum absolute atomic E-state index is 5.22. The maximum Gasteiger partial charge on any atom is 0.220 e. The molecule has 0 N–H and O–H groups in total. The average molecular weight is 266 g/mol. The Morgan fingerprint density at radius 3 is 3.18 bits per heavy atom. The standard InChI is InChI=1S/C12H14N2OS2/c1-3-15-12(16)17-8-10-7-14-5-4-9(2)6-11(14)13-10/h4-7H,3,8H2,1-2H3. The molecule has 2 aromatic heterocycles. The highest BCUT2D eigenvalue weighted by molar-refractivity contribution is 8.22. The Hall–Kier alpha value is -1.07. The van der Waals surface area contributed by atoms with Gasteiger partial charge in [-0.05, 0) is 43.8 Å². The molecular weight excluding hydrogens is 252 g/mol. The molecule has 0 spiro atoms. The molecule has 0 aliphatic rings. The second kappa shape index (κ2) is 5.51. The van der Waals surface area contributed by atoms with Gasteiger partial charge in [-0.25, -0.2) is 4.98 Å². The van der Waals surface area contributed by atoms with Gasteiger partial charge in [0.05, 0.1) is 12.3 Å². The molecule has 0 amide bonds. The summed E-state index contributed by atoms with van der Waals surface area (Å²) in [6, 6.07) is 4.13. The molecular formula is C12H14N2OS2. The van der Waals surface area contributed by atoms with Crippen molar-refractivity contribution in [2.75, 3.05) is 6.61 Å². The summed E-state index contributed by atoms with van der Waals surface area (Å²) in [5, 5.41) is 0. The number of nitrogens with zero attached hydrogens (tertiary/aromatic N) is 2. The predicted octanol–water partition coefficient (Wildman–Crippen LogP) is 3.20. The van der Waals surface area contributed by atoms with Crippen molar-refractivity contribution < 1.29 is 4.74 Å². The van der Waals surface area contributed by atoms with Gasteiger partial charge in [0.15, 0.2) is 0 Å². The van der Waals surface area contributed by atoms with Crippen LogP contribution in [-0.2, 0) is 10.5 Å². The summed E-state index contributed by atoms with van der Waals surface area (Å²) in [6.45, 7) is 4.62. The van der Waals surface area contributed by atoms with Gasteiger partial charge in [-0.15, -0.1) is 0 Å². The largest absolute Gasteiger partial charge is 0.479 e. The Kier molecular flexibility index (Phi) is 4.02. The van der Waals surface area contributed by atoms with E-state index < -0.39 is 0 Å². The highest BCUT2D eigenvalue weighted by Gasteiger charge is 2.04. The van der Waals surface area contributed by atoms with E-state index in [1.807, 2.05) is 23.7 Å². The van der Waals surface area contributed by atoms with Crippen LogP contribution in [0.3, 0.4) is 0 Å². The van der Waals surface area contributed by atoms with E-state index in [-0.39, 0.29) is 0 Å². The fourth-order valence-electron chi connectivity index (χ4n) is 1.50. The molecule has 0 bridgehead atoms. The van der Waals surface area contributed by atoms with E-state index in [0.717, 1.165) is 17.1 Å². The van der Waals surface area contributed by atoms with Crippen LogP contribution < -0.4 is 0 Å². The Balaban J connectivity index is 2.07. The SMILES string of the molecule is CCOC(=S)SCc1cn2ccc(C)cc2n1. The molecule has 5 heteroatoms. The van der Waals surface area contributed by atoms with Crippen molar-refractivity contribution >= 4 is 34.0 Å². The van der Waals surface area contributed by atoms with E-state index >= 15 is 0 Å². The van der Waals surface area contributed by atoms with E-state index in [4.69, 9.17) is 17.0 Å². The van der Waals surface area contributed by atoms with E-state index in [0.29, 0.717) is 11.0 Å². The van der Waals surface area contributed by atoms with Gasteiger partial charge in [0.25, 0.3) is 0 Å². The number of hydrogen-bond donors (Lipinski definition) is 0. The Morgan fingerprint density at radius 2 is 2.41 bits per heavy atom. The predicted molar refractivity (Wildman–Crippen MR) is 75.4 cm³/mol. The minimum atomic E-state index is 0.584. The first-order valence-corrected chi connectivity index (χ1v) is 6.82. The minimum absolute atomic E-state index is 0.584. The van der Waals surface area contributed by atoms with Crippen LogP contribution in [0.4, 0.5) is 0 Å². The molecule has 0 radical (unpaired) electrons. The highest BCUT2D eigenvalue weighted by Crippen LogP contribution is 2.15. The van der Waals surface area contributed by atoms with Crippen molar-refractivity contribution in [1.82, 2.24) is 9.38 Å². The summed E-state index contributed by atoms with van der Waals surface area (Å²) < 4.78 is 7.82. The summed E-state index contributed by atoms with van der Waals surface area (Å²) in [7, 11) is 0. The first-order chi connectivity index (χ1) is 8.19. The third kappa shape index (κ3) is 3.20. The lowest BCUT2D eigenvalue weighted by atomic mass is 10.3. The van der Waals surface area contributed by atoms with E-state index in [1.54, 1.807) is 0 Å².